The highest BCUT2D eigenvalue weighted by molar-refractivity contribution is 7.15. The molecule has 0 saturated carbocycles. The van der Waals surface area contributed by atoms with Crippen LogP contribution in [0.5, 0.6) is 0 Å². The molecule has 0 spiro atoms. The molecule has 144 valence electrons. The summed E-state index contributed by atoms with van der Waals surface area (Å²) in [6, 6.07) is 14.4. The quantitative estimate of drug-likeness (QED) is 0.532. The summed E-state index contributed by atoms with van der Waals surface area (Å²) in [6.07, 6.45) is 1.64. The molecule has 1 fully saturated rings. The van der Waals surface area contributed by atoms with Gasteiger partial charge in [0.2, 0.25) is 0 Å². The number of benzene rings is 2. The van der Waals surface area contributed by atoms with Gasteiger partial charge in [-0.25, -0.2) is 9.78 Å². The van der Waals surface area contributed by atoms with Gasteiger partial charge in [0.05, 0.1) is 12.2 Å². The van der Waals surface area contributed by atoms with Crippen LogP contribution in [0, 0.1) is 0 Å². The maximum absolute atomic E-state index is 13.2. The van der Waals surface area contributed by atoms with Crippen molar-refractivity contribution in [3.63, 3.8) is 0 Å². The molecule has 1 atom stereocenters. The second-order valence-corrected chi connectivity index (χ2v) is 8.02. The summed E-state index contributed by atoms with van der Waals surface area (Å²) in [5.41, 5.74) is -0.332. The van der Waals surface area contributed by atoms with Crippen molar-refractivity contribution < 1.29 is 9.59 Å². The van der Waals surface area contributed by atoms with Gasteiger partial charge in [0.15, 0.2) is 4.96 Å². The van der Waals surface area contributed by atoms with Crippen LogP contribution >= 0.6 is 11.3 Å². The number of hydrogen-bond acceptors (Lipinski definition) is 5. The third-order valence-corrected chi connectivity index (χ3v) is 6.03. The van der Waals surface area contributed by atoms with Crippen molar-refractivity contribution in [1.82, 2.24) is 19.6 Å². The first-order valence-corrected chi connectivity index (χ1v) is 9.93. The molecule has 0 bridgehead atoms. The Morgan fingerprint density at radius 1 is 1.07 bits per heavy atom. The standard InChI is InChI=1S/C21H16N4O3S/c1-21(15-7-6-13-4-2-3-5-14(13)10-15)18(27)25(19(28)23-21)12-16-11-17(26)24-8-9-29-20(24)22-16/h2-11H,12H2,1H3,(H,23,28)/t21-/m0/s1. The average molecular weight is 404 g/mol. The maximum atomic E-state index is 13.2. The number of urea groups is 1. The third kappa shape index (κ3) is 2.72. The summed E-state index contributed by atoms with van der Waals surface area (Å²) in [5.74, 6) is -0.369. The number of thiazole rings is 1. The minimum absolute atomic E-state index is 0.0581. The zero-order valence-corrected chi connectivity index (χ0v) is 16.3. The van der Waals surface area contributed by atoms with Gasteiger partial charge >= 0.3 is 6.03 Å². The fraction of sp³-hybridized carbons (Fsp3) is 0.143. The molecule has 4 aromatic rings. The molecule has 1 saturated heterocycles. The molecule has 5 rings (SSSR count). The fourth-order valence-corrected chi connectivity index (χ4v) is 4.41. The van der Waals surface area contributed by atoms with Crippen LogP contribution in [0.4, 0.5) is 4.79 Å². The van der Waals surface area contributed by atoms with E-state index < -0.39 is 11.6 Å². The number of fused-ring (bicyclic) bond motifs is 2. The summed E-state index contributed by atoms with van der Waals surface area (Å²) in [4.78, 5) is 44.1. The summed E-state index contributed by atoms with van der Waals surface area (Å²) < 4.78 is 1.43. The molecule has 0 radical (unpaired) electrons. The molecular weight excluding hydrogens is 388 g/mol. The lowest BCUT2D eigenvalue weighted by molar-refractivity contribution is -0.131. The SMILES string of the molecule is C[C@@]1(c2ccc3ccccc3c2)NC(=O)N(Cc2cc(=O)n3ccsc3n2)C1=O. The minimum Gasteiger partial charge on any atom is -0.319 e. The molecule has 8 heteroatoms. The lowest BCUT2D eigenvalue weighted by Crippen LogP contribution is -2.40. The largest absolute Gasteiger partial charge is 0.325 e. The Bertz CT molecular complexity index is 1360. The van der Waals surface area contributed by atoms with Crippen LogP contribution < -0.4 is 10.9 Å². The van der Waals surface area contributed by atoms with Crippen molar-refractivity contribution in [2.45, 2.75) is 19.0 Å². The van der Waals surface area contributed by atoms with Gasteiger partial charge in [0, 0.05) is 17.6 Å². The van der Waals surface area contributed by atoms with Crippen molar-refractivity contribution in [3.8, 4) is 0 Å². The molecular formula is C21H16N4O3S. The van der Waals surface area contributed by atoms with Gasteiger partial charge in [-0.1, -0.05) is 36.4 Å². The van der Waals surface area contributed by atoms with Gasteiger partial charge in [0.1, 0.15) is 5.54 Å². The number of hydrogen-bond donors (Lipinski definition) is 1. The summed E-state index contributed by atoms with van der Waals surface area (Å²) in [5, 5.41) is 6.62. The fourth-order valence-electron chi connectivity index (χ4n) is 3.67. The molecule has 2 aromatic carbocycles. The van der Waals surface area contributed by atoms with E-state index in [1.165, 1.54) is 21.8 Å². The van der Waals surface area contributed by atoms with Crippen LogP contribution in [-0.4, -0.2) is 26.2 Å². The lowest BCUT2D eigenvalue weighted by Gasteiger charge is -2.22. The van der Waals surface area contributed by atoms with Crippen LogP contribution in [0.15, 0.2) is 64.9 Å². The first-order chi connectivity index (χ1) is 14.0. The Morgan fingerprint density at radius 3 is 2.69 bits per heavy atom. The van der Waals surface area contributed by atoms with Gasteiger partial charge in [-0.15, -0.1) is 11.3 Å². The molecule has 3 heterocycles. The maximum Gasteiger partial charge on any atom is 0.325 e. The number of nitrogens with one attached hydrogen (secondary N) is 1. The summed E-state index contributed by atoms with van der Waals surface area (Å²) in [7, 11) is 0. The number of imide groups is 1. The molecule has 0 unspecified atom stereocenters. The van der Waals surface area contributed by atoms with Gasteiger partial charge in [-0.05, 0) is 29.3 Å². The molecule has 1 N–H and O–H groups in total. The van der Waals surface area contributed by atoms with Gasteiger partial charge in [0.25, 0.3) is 11.5 Å². The van der Waals surface area contributed by atoms with Crippen LogP contribution in [-0.2, 0) is 16.9 Å². The molecule has 29 heavy (non-hydrogen) atoms. The normalized spacial score (nSPS) is 19.3. The highest BCUT2D eigenvalue weighted by atomic mass is 32.1. The molecule has 0 aliphatic carbocycles. The summed E-state index contributed by atoms with van der Waals surface area (Å²) >= 11 is 1.32. The van der Waals surface area contributed by atoms with Crippen LogP contribution in [0.25, 0.3) is 15.7 Å². The molecule has 1 aliphatic rings. The van der Waals surface area contributed by atoms with E-state index in [9.17, 15) is 14.4 Å². The van der Waals surface area contributed by atoms with Crippen LogP contribution in [0.3, 0.4) is 0 Å². The highest BCUT2D eigenvalue weighted by Gasteiger charge is 2.49. The van der Waals surface area contributed by atoms with E-state index in [2.05, 4.69) is 10.3 Å². The lowest BCUT2D eigenvalue weighted by atomic mass is 9.90. The zero-order chi connectivity index (χ0) is 20.2. The average Bonchev–Trinajstić information content (AvgIpc) is 3.27. The Labute approximate surface area is 169 Å². The van der Waals surface area contributed by atoms with Gasteiger partial charge in [-0.3, -0.25) is 18.9 Å². The number of aromatic nitrogens is 2. The second-order valence-electron chi connectivity index (χ2n) is 7.15. The number of carbonyl (C=O) groups excluding carboxylic acids is 2. The van der Waals surface area contributed by atoms with Crippen LogP contribution in [0.1, 0.15) is 18.2 Å². The Hall–Kier alpha value is -3.52. The van der Waals surface area contributed by atoms with Crippen molar-refractivity contribution in [3.05, 3.63) is 81.7 Å². The number of nitrogens with zero attached hydrogens (tertiary/aromatic N) is 3. The smallest absolute Gasteiger partial charge is 0.319 e. The first-order valence-electron chi connectivity index (χ1n) is 9.05. The zero-order valence-electron chi connectivity index (χ0n) is 15.5. The Kier molecular flexibility index (Phi) is 3.78. The van der Waals surface area contributed by atoms with E-state index in [4.69, 9.17) is 0 Å². The monoisotopic (exact) mass is 404 g/mol. The molecule has 3 amide bonds. The number of amides is 3. The van der Waals surface area contributed by atoms with Crippen LogP contribution in [0.2, 0.25) is 0 Å². The Balaban J connectivity index is 1.50. The third-order valence-electron chi connectivity index (χ3n) is 5.28. The van der Waals surface area contributed by atoms with E-state index in [0.717, 1.165) is 15.7 Å². The summed E-state index contributed by atoms with van der Waals surface area (Å²) in [6.45, 7) is 1.64. The van der Waals surface area contributed by atoms with E-state index in [1.54, 1.807) is 18.5 Å². The van der Waals surface area contributed by atoms with E-state index in [0.29, 0.717) is 16.2 Å². The van der Waals surface area contributed by atoms with Gasteiger partial charge in [-0.2, -0.15) is 0 Å². The predicted molar refractivity (Wildman–Crippen MR) is 110 cm³/mol. The topological polar surface area (TPSA) is 83.8 Å². The first kappa shape index (κ1) is 17.6. The molecule has 2 aromatic heterocycles. The molecule has 1 aliphatic heterocycles. The predicted octanol–water partition coefficient (Wildman–Crippen LogP) is 2.88. The Morgan fingerprint density at radius 2 is 1.86 bits per heavy atom. The van der Waals surface area contributed by atoms with Crippen molar-refractivity contribution in [2.24, 2.45) is 0 Å². The van der Waals surface area contributed by atoms with Gasteiger partial charge < -0.3 is 5.32 Å². The van der Waals surface area contributed by atoms with Crippen molar-refractivity contribution in [1.29, 1.82) is 0 Å². The second kappa shape index (κ2) is 6.25. The molecule has 7 nitrogen and oxygen atoms in total. The van der Waals surface area contributed by atoms with Crippen molar-refractivity contribution >= 4 is 39.0 Å². The number of carbonyl (C=O) groups is 2. The van der Waals surface area contributed by atoms with E-state index >= 15 is 0 Å². The highest BCUT2D eigenvalue weighted by Crippen LogP contribution is 2.31. The minimum atomic E-state index is -1.18. The van der Waals surface area contributed by atoms with Crippen molar-refractivity contribution in [2.75, 3.05) is 0 Å². The number of rotatable bonds is 3. The van der Waals surface area contributed by atoms with E-state index in [1.807, 2.05) is 42.5 Å². The van der Waals surface area contributed by atoms with E-state index in [-0.39, 0.29) is 18.0 Å².